The van der Waals surface area contributed by atoms with Gasteiger partial charge in [-0.25, -0.2) is 8.78 Å². The van der Waals surface area contributed by atoms with Crippen molar-refractivity contribution in [2.45, 2.75) is 26.7 Å². The lowest BCUT2D eigenvalue weighted by Crippen LogP contribution is -2.25. The number of nitrogens with one attached hydrogen (secondary N) is 1. The molecule has 33 heavy (non-hydrogen) atoms. The van der Waals surface area contributed by atoms with E-state index < -0.39 is 11.6 Å². The van der Waals surface area contributed by atoms with E-state index in [0.29, 0.717) is 47.0 Å². The van der Waals surface area contributed by atoms with Crippen molar-refractivity contribution in [3.05, 3.63) is 59.4 Å². The summed E-state index contributed by atoms with van der Waals surface area (Å²) in [6.07, 6.45) is 1.15. The van der Waals surface area contributed by atoms with Crippen LogP contribution in [0.1, 0.15) is 32.3 Å². The molecule has 0 radical (unpaired) electrons. The van der Waals surface area contributed by atoms with Gasteiger partial charge in [0.2, 0.25) is 0 Å². The van der Waals surface area contributed by atoms with Gasteiger partial charge in [-0.15, -0.1) is 0 Å². The van der Waals surface area contributed by atoms with Gasteiger partial charge in [-0.05, 0) is 49.8 Å². The first kappa shape index (κ1) is 22.9. The lowest BCUT2D eigenvalue weighted by molar-refractivity contribution is -0.110. The molecule has 0 aromatic heterocycles. The van der Waals surface area contributed by atoms with E-state index in [1.165, 1.54) is 18.2 Å². The number of aliphatic imine (C=N–C) groups is 1. The molecule has 0 atom stereocenters. The monoisotopic (exact) mass is 455 g/mol. The van der Waals surface area contributed by atoms with Gasteiger partial charge in [0.05, 0.1) is 29.3 Å². The van der Waals surface area contributed by atoms with E-state index in [-0.39, 0.29) is 18.3 Å². The number of ether oxygens (including phenoxy) is 2. The number of rotatable bonds is 8. The molecule has 1 saturated heterocycles. The van der Waals surface area contributed by atoms with Crippen molar-refractivity contribution >= 4 is 28.6 Å². The summed E-state index contributed by atoms with van der Waals surface area (Å²) in [6.45, 7) is 7.75. The Bertz CT molecular complexity index is 1110. The molecule has 4 rings (SSSR count). The van der Waals surface area contributed by atoms with Crippen LogP contribution in [0.2, 0.25) is 0 Å². The summed E-state index contributed by atoms with van der Waals surface area (Å²) < 4.78 is 39.2. The van der Waals surface area contributed by atoms with Gasteiger partial charge in [0, 0.05) is 24.6 Å². The highest BCUT2D eigenvalue weighted by atomic mass is 19.1. The Balaban J connectivity index is 1.41. The zero-order chi connectivity index (χ0) is 23.4. The number of anilines is 1. The van der Waals surface area contributed by atoms with Crippen LogP contribution in [0.25, 0.3) is 5.57 Å². The number of carbonyl (C=O) groups is 1. The third-order valence-electron chi connectivity index (χ3n) is 5.76. The number of benzene rings is 2. The molecule has 8 heteroatoms. The van der Waals surface area contributed by atoms with Crippen molar-refractivity contribution < 1.29 is 23.0 Å². The van der Waals surface area contributed by atoms with Gasteiger partial charge in [-0.2, -0.15) is 0 Å². The standard InChI is InChI=1S/C25H27F2N3O3/c1-3-30(4-2)10-5-11-32-22-9-7-17(13-20(22)27)28-18-14-23(33-15-18)24-19-8-6-16(26)12-21(19)29-25(24)31/h6-9,12-13H,3-5,10-11,14-15H2,1-2H3,(H,29,31). The maximum Gasteiger partial charge on any atom is 0.259 e. The van der Waals surface area contributed by atoms with Crippen LogP contribution in [0.5, 0.6) is 5.75 Å². The van der Waals surface area contributed by atoms with Crippen LogP contribution in [0.3, 0.4) is 0 Å². The van der Waals surface area contributed by atoms with Gasteiger partial charge in [-0.3, -0.25) is 9.79 Å². The van der Waals surface area contributed by atoms with Crippen LogP contribution >= 0.6 is 0 Å². The first-order chi connectivity index (χ1) is 16.0. The number of nitrogens with zero attached hydrogens (tertiary/aromatic N) is 2. The quantitative estimate of drug-likeness (QED) is 0.453. The molecule has 1 N–H and O–H groups in total. The topological polar surface area (TPSA) is 63.2 Å². The second kappa shape index (κ2) is 10.1. The molecule has 2 aromatic carbocycles. The SMILES string of the molecule is CCN(CC)CCCOc1ccc(N=C2COC(=C3C(=O)Nc4cc(F)ccc43)C2)cc1F. The molecule has 2 heterocycles. The number of amides is 1. The van der Waals surface area contributed by atoms with Crippen LogP contribution in [0.15, 0.2) is 47.1 Å². The maximum absolute atomic E-state index is 14.5. The average molecular weight is 456 g/mol. The molecule has 0 saturated carbocycles. The Kier molecular flexibility index (Phi) is 7.03. The van der Waals surface area contributed by atoms with Crippen molar-refractivity contribution in [2.75, 3.05) is 38.2 Å². The first-order valence-electron chi connectivity index (χ1n) is 11.2. The van der Waals surface area contributed by atoms with Crippen LogP contribution < -0.4 is 10.1 Å². The van der Waals surface area contributed by atoms with E-state index in [1.54, 1.807) is 18.2 Å². The van der Waals surface area contributed by atoms with Crippen LogP contribution in [0.4, 0.5) is 20.2 Å². The molecule has 0 aliphatic carbocycles. The van der Waals surface area contributed by atoms with Gasteiger partial charge >= 0.3 is 0 Å². The highest BCUT2D eigenvalue weighted by molar-refractivity contribution is 6.32. The summed E-state index contributed by atoms with van der Waals surface area (Å²) in [5.41, 5.74) is 2.53. The van der Waals surface area contributed by atoms with E-state index in [4.69, 9.17) is 9.47 Å². The number of carbonyl (C=O) groups excluding carboxylic acids is 1. The number of halogens is 2. The molecular formula is C25H27F2N3O3. The minimum atomic E-state index is -0.469. The van der Waals surface area contributed by atoms with E-state index in [1.807, 2.05) is 0 Å². The van der Waals surface area contributed by atoms with Gasteiger partial charge in [-0.1, -0.05) is 13.8 Å². The summed E-state index contributed by atoms with van der Waals surface area (Å²) >= 11 is 0. The Labute approximate surface area is 191 Å². The molecule has 6 nitrogen and oxygen atoms in total. The smallest absolute Gasteiger partial charge is 0.259 e. The van der Waals surface area contributed by atoms with Crippen molar-refractivity contribution in [1.29, 1.82) is 0 Å². The summed E-state index contributed by atoms with van der Waals surface area (Å²) in [7, 11) is 0. The highest BCUT2D eigenvalue weighted by Gasteiger charge is 2.31. The largest absolute Gasteiger partial charge is 0.491 e. The molecule has 174 valence electrons. The molecule has 2 aromatic rings. The molecule has 1 amide bonds. The zero-order valence-electron chi connectivity index (χ0n) is 18.8. The summed E-state index contributed by atoms with van der Waals surface area (Å²) in [4.78, 5) is 19.2. The van der Waals surface area contributed by atoms with Crippen LogP contribution in [-0.2, 0) is 9.53 Å². The molecule has 0 unspecified atom stereocenters. The second-order valence-electron chi connectivity index (χ2n) is 7.93. The normalized spacial score (nSPS) is 18.6. The maximum atomic E-state index is 14.5. The van der Waals surface area contributed by atoms with Crippen molar-refractivity contribution in [2.24, 2.45) is 4.99 Å². The predicted molar refractivity (Wildman–Crippen MR) is 124 cm³/mol. The van der Waals surface area contributed by atoms with Crippen molar-refractivity contribution in [1.82, 2.24) is 4.90 Å². The third kappa shape index (κ3) is 5.22. The van der Waals surface area contributed by atoms with Gasteiger partial charge in [0.15, 0.2) is 11.6 Å². The molecule has 0 spiro atoms. The third-order valence-corrected chi connectivity index (χ3v) is 5.76. The lowest BCUT2D eigenvalue weighted by Gasteiger charge is -2.17. The van der Waals surface area contributed by atoms with Gasteiger partial charge < -0.3 is 19.7 Å². The second-order valence-corrected chi connectivity index (χ2v) is 7.93. The number of hydrogen-bond donors (Lipinski definition) is 1. The number of allylic oxidation sites excluding steroid dienone is 1. The predicted octanol–water partition coefficient (Wildman–Crippen LogP) is 4.93. The lowest BCUT2D eigenvalue weighted by atomic mass is 10.0. The fourth-order valence-corrected chi connectivity index (χ4v) is 3.98. The minimum Gasteiger partial charge on any atom is -0.491 e. The molecule has 0 bridgehead atoms. The highest BCUT2D eigenvalue weighted by Crippen LogP contribution is 2.37. The van der Waals surface area contributed by atoms with E-state index in [2.05, 4.69) is 29.1 Å². The fraction of sp³-hybridized carbons (Fsp3) is 0.360. The van der Waals surface area contributed by atoms with E-state index in [9.17, 15) is 13.6 Å². The summed E-state index contributed by atoms with van der Waals surface area (Å²) in [5.74, 6) is -0.544. The van der Waals surface area contributed by atoms with Gasteiger partial charge in [0.1, 0.15) is 18.2 Å². The summed E-state index contributed by atoms with van der Waals surface area (Å²) in [6, 6.07) is 8.75. The molecular weight excluding hydrogens is 428 g/mol. The minimum absolute atomic E-state index is 0.202. The van der Waals surface area contributed by atoms with Crippen LogP contribution in [0, 0.1) is 11.6 Å². The van der Waals surface area contributed by atoms with Gasteiger partial charge in [0.25, 0.3) is 5.91 Å². The molecule has 1 fully saturated rings. The molecule has 2 aliphatic rings. The van der Waals surface area contributed by atoms with Crippen molar-refractivity contribution in [3.8, 4) is 5.75 Å². The number of fused-ring (bicyclic) bond motifs is 1. The Hall–Kier alpha value is -3.26. The van der Waals surface area contributed by atoms with E-state index in [0.717, 1.165) is 26.1 Å². The Morgan fingerprint density at radius 3 is 2.73 bits per heavy atom. The number of hydrogen-bond acceptors (Lipinski definition) is 5. The Morgan fingerprint density at radius 2 is 1.97 bits per heavy atom. The fourth-order valence-electron chi connectivity index (χ4n) is 3.98. The zero-order valence-corrected chi connectivity index (χ0v) is 18.8. The van der Waals surface area contributed by atoms with E-state index >= 15 is 0 Å². The van der Waals surface area contributed by atoms with Crippen molar-refractivity contribution in [3.63, 3.8) is 0 Å². The average Bonchev–Trinajstić information content (AvgIpc) is 3.37. The molecule has 2 aliphatic heterocycles. The summed E-state index contributed by atoms with van der Waals surface area (Å²) in [5, 5.41) is 2.65. The van der Waals surface area contributed by atoms with Crippen LogP contribution in [-0.4, -0.2) is 49.4 Å². The Morgan fingerprint density at radius 1 is 1.15 bits per heavy atom. The first-order valence-corrected chi connectivity index (χ1v) is 11.2.